The maximum atomic E-state index is 12.0. The number of ether oxygens (including phenoxy) is 3. The summed E-state index contributed by atoms with van der Waals surface area (Å²) < 4.78 is 16.2. The first-order valence-corrected chi connectivity index (χ1v) is 7.94. The highest BCUT2D eigenvalue weighted by molar-refractivity contribution is 9.10. The van der Waals surface area contributed by atoms with Crippen LogP contribution in [0.4, 0.5) is 0 Å². The van der Waals surface area contributed by atoms with Gasteiger partial charge in [0, 0.05) is 16.1 Å². The van der Waals surface area contributed by atoms with Crippen LogP contribution in [0.2, 0.25) is 0 Å². The lowest BCUT2D eigenvalue weighted by molar-refractivity contribution is -0.136. The van der Waals surface area contributed by atoms with E-state index in [1.54, 1.807) is 42.5 Å². The van der Waals surface area contributed by atoms with Gasteiger partial charge in [-0.2, -0.15) is 0 Å². The van der Waals surface area contributed by atoms with Crippen LogP contribution in [0.5, 0.6) is 11.5 Å². The molecule has 6 heteroatoms. The smallest absolute Gasteiger partial charge is 0.331 e. The molecule has 1 aliphatic rings. The van der Waals surface area contributed by atoms with Gasteiger partial charge >= 0.3 is 5.97 Å². The van der Waals surface area contributed by atoms with Gasteiger partial charge in [-0.05, 0) is 35.9 Å². The van der Waals surface area contributed by atoms with Crippen LogP contribution >= 0.6 is 15.9 Å². The predicted octanol–water partition coefficient (Wildman–Crippen LogP) is 3.62. The van der Waals surface area contributed by atoms with E-state index in [9.17, 15) is 9.59 Å². The molecule has 1 aliphatic heterocycles. The van der Waals surface area contributed by atoms with Crippen molar-refractivity contribution < 1.29 is 23.8 Å². The monoisotopic (exact) mass is 388 g/mol. The second-order valence-corrected chi connectivity index (χ2v) is 5.90. The Morgan fingerprint density at radius 1 is 1.12 bits per heavy atom. The van der Waals surface area contributed by atoms with Crippen molar-refractivity contribution in [1.82, 2.24) is 0 Å². The van der Waals surface area contributed by atoms with Crippen molar-refractivity contribution in [3.8, 4) is 11.5 Å². The van der Waals surface area contributed by atoms with Gasteiger partial charge in [-0.3, -0.25) is 4.79 Å². The lowest BCUT2D eigenvalue weighted by Gasteiger charge is -2.02. The number of Topliss-reactive ketones (excluding diaryl/α,β-unsaturated/α-hetero) is 1. The minimum Gasteiger partial charge on any atom is -0.454 e. The van der Waals surface area contributed by atoms with Gasteiger partial charge in [0.05, 0.1) is 0 Å². The van der Waals surface area contributed by atoms with E-state index in [1.165, 1.54) is 6.08 Å². The molecular formula is C18H13BrO5. The molecule has 5 nitrogen and oxygen atoms in total. The first kappa shape index (κ1) is 16.3. The molecule has 0 amide bonds. The summed E-state index contributed by atoms with van der Waals surface area (Å²) in [5.74, 6) is 0.460. The first-order valence-electron chi connectivity index (χ1n) is 7.15. The number of ketones is 1. The van der Waals surface area contributed by atoms with Crippen molar-refractivity contribution in [2.24, 2.45) is 0 Å². The summed E-state index contributed by atoms with van der Waals surface area (Å²) in [4.78, 5) is 23.7. The fraction of sp³-hybridized carbons (Fsp3) is 0.111. The third-order valence-electron chi connectivity index (χ3n) is 3.30. The first-order chi connectivity index (χ1) is 11.6. The number of fused-ring (bicyclic) bond motifs is 1. The zero-order chi connectivity index (χ0) is 16.9. The van der Waals surface area contributed by atoms with Crippen LogP contribution in [0, 0.1) is 0 Å². The molecule has 2 aromatic rings. The average molecular weight is 389 g/mol. The summed E-state index contributed by atoms with van der Waals surface area (Å²) in [6, 6.07) is 12.2. The molecule has 0 bridgehead atoms. The van der Waals surface area contributed by atoms with Crippen molar-refractivity contribution in [2.45, 2.75) is 0 Å². The van der Waals surface area contributed by atoms with Gasteiger partial charge in [0.2, 0.25) is 6.79 Å². The normalized spacial score (nSPS) is 12.4. The minimum absolute atomic E-state index is 0.197. The quantitative estimate of drug-likeness (QED) is 0.444. The van der Waals surface area contributed by atoms with E-state index in [0.717, 1.165) is 10.0 Å². The van der Waals surface area contributed by atoms with Gasteiger partial charge < -0.3 is 14.2 Å². The van der Waals surface area contributed by atoms with E-state index < -0.39 is 5.97 Å². The highest BCUT2D eigenvalue weighted by Crippen LogP contribution is 2.32. The number of hydrogen-bond acceptors (Lipinski definition) is 5. The molecule has 1 heterocycles. The second-order valence-electron chi connectivity index (χ2n) is 4.99. The molecule has 122 valence electrons. The number of rotatable bonds is 5. The maximum absolute atomic E-state index is 12.0. The second kappa shape index (κ2) is 7.31. The zero-order valence-electron chi connectivity index (χ0n) is 12.5. The van der Waals surface area contributed by atoms with E-state index in [-0.39, 0.29) is 19.2 Å². The van der Waals surface area contributed by atoms with Crippen LogP contribution in [0.1, 0.15) is 15.9 Å². The molecule has 2 aromatic carbocycles. The van der Waals surface area contributed by atoms with Gasteiger partial charge in [-0.1, -0.05) is 34.1 Å². The van der Waals surface area contributed by atoms with Gasteiger partial charge in [-0.15, -0.1) is 0 Å². The van der Waals surface area contributed by atoms with Gasteiger partial charge in [0.25, 0.3) is 0 Å². The third-order valence-corrected chi connectivity index (χ3v) is 3.79. The Morgan fingerprint density at radius 3 is 2.79 bits per heavy atom. The molecule has 0 saturated carbocycles. The van der Waals surface area contributed by atoms with E-state index in [1.807, 2.05) is 6.07 Å². The number of halogens is 1. The van der Waals surface area contributed by atoms with Crippen molar-refractivity contribution in [2.75, 3.05) is 13.4 Å². The van der Waals surface area contributed by atoms with E-state index >= 15 is 0 Å². The summed E-state index contributed by atoms with van der Waals surface area (Å²) >= 11 is 3.29. The molecule has 3 rings (SSSR count). The largest absolute Gasteiger partial charge is 0.454 e. The molecule has 0 aromatic heterocycles. The van der Waals surface area contributed by atoms with Crippen LogP contribution in [0.25, 0.3) is 6.08 Å². The zero-order valence-corrected chi connectivity index (χ0v) is 14.1. The molecule has 0 fully saturated rings. The number of carbonyl (C=O) groups is 2. The third kappa shape index (κ3) is 4.02. The molecule has 0 atom stereocenters. The van der Waals surface area contributed by atoms with Crippen LogP contribution < -0.4 is 9.47 Å². The SMILES string of the molecule is O=C(/C=C/c1ccc2c(c1)OCO2)OCC(=O)c1cccc(Br)c1. The van der Waals surface area contributed by atoms with Crippen molar-refractivity contribution in [1.29, 1.82) is 0 Å². The molecule has 24 heavy (non-hydrogen) atoms. The molecule has 0 radical (unpaired) electrons. The van der Waals surface area contributed by atoms with Gasteiger partial charge in [0.1, 0.15) is 0 Å². The summed E-state index contributed by atoms with van der Waals surface area (Å²) in [5, 5.41) is 0. The van der Waals surface area contributed by atoms with E-state index in [4.69, 9.17) is 14.2 Å². The summed E-state index contributed by atoms with van der Waals surface area (Å²) in [7, 11) is 0. The van der Waals surface area contributed by atoms with Gasteiger partial charge in [-0.25, -0.2) is 4.79 Å². The summed E-state index contributed by atoms with van der Waals surface area (Å²) in [6.07, 6.45) is 2.86. The van der Waals surface area contributed by atoms with E-state index in [2.05, 4.69) is 15.9 Å². The molecule has 0 saturated heterocycles. The molecule has 0 unspecified atom stereocenters. The lowest BCUT2D eigenvalue weighted by atomic mass is 10.1. The molecular weight excluding hydrogens is 376 g/mol. The number of esters is 1. The molecule has 0 N–H and O–H groups in total. The van der Waals surface area contributed by atoms with Crippen LogP contribution in [0.3, 0.4) is 0 Å². The Labute approximate surface area is 147 Å². The fourth-order valence-electron chi connectivity index (χ4n) is 2.11. The molecule has 0 spiro atoms. The summed E-state index contributed by atoms with van der Waals surface area (Å²) in [6.45, 7) is -0.108. The number of benzene rings is 2. The predicted molar refractivity (Wildman–Crippen MR) is 91.0 cm³/mol. The topological polar surface area (TPSA) is 61.8 Å². The Bertz CT molecular complexity index is 813. The number of hydrogen-bond donors (Lipinski definition) is 0. The van der Waals surface area contributed by atoms with Crippen molar-refractivity contribution >= 4 is 33.8 Å². The van der Waals surface area contributed by atoms with E-state index in [0.29, 0.717) is 17.1 Å². The Hall–Kier alpha value is -2.60. The standard InChI is InChI=1S/C18H13BrO5/c19-14-3-1-2-13(9-14)15(20)10-22-18(21)7-5-12-4-6-16-17(8-12)24-11-23-16/h1-9H,10-11H2/b7-5+. The van der Waals surface area contributed by atoms with Crippen LogP contribution in [-0.2, 0) is 9.53 Å². The van der Waals surface area contributed by atoms with Crippen LogP contribution in [0.15, 0.2) is 53.0 Å². The Morgan fingerprint density at radius 2 is 1.96 bits per heavy atom. The Kier molecular flexibility index (Phi) is 4.96. The fourth-order valence-corrected chi connectivity index (χ4v) is 2.51. The highest BCUT2D eigenvalue weighted by Gasteiger charge is 2.12. The average Bonchev–Trinajstić information content (AvgIpc) is 3.05. The maximum Gasteiger partial charge on any atom is 0.331 e. The van der Waals surface area contributed by atoms with Crippen molar-refractivity contribution in [3.63, 3.8) is 0 Å². The highest BCUT2D eigenvalue weighted by atomic mass is 79.9. The van der Waals surface area contributed by atoms with Crippen LogP contribution in [-0.4, -0.2) is 25.2 Å². The van der Waals surface area contributed by atoms with Gasteiger partial charge in [0.15, 0.2) is 23.9 Å². The lowest BCUT2D eigenvalue weighted by Crippen LogP contribution is -2.12. The van der Waals surface area contributed by atoms with Crippen molar-refractivity contribution in [3.05, 3.63) is 64.1 Å². The molecule has 0 aliphatic carbocycles. The summed E-state index contributed by atoms with van der Waals surface area (Å²) in [5.41, 5.74) is 1.26. The minimum atomic E-state index is -0.587. The number of carbonyl (C=O) groups excluding carboxylic acids is 2. The Balaban J connectivity index is 1.55.